The predicted molar refractivity (Wildman–Crippen MR) is 138 cm³/mol. The number of fused-ring (bicyclic) bond motifs is 3. The summed E-state index contributed by atoms with van der Waals surface area (Å²) in [5, 5.41) is 18.3. The van der Waals surface area contributed by atoms with Gasteiger partial charge in [-0.1, -0.05) is 11.6 Å². The van der Waals surface area contributed by atoms with Gasteiger partial charge in [-0.25, -0.2) is 8.78 Å². The fourth-order valence-electron chi connectivity index (χ4n) is 5.65. The topological polar surface area (TPSA) is 110 Å². The van der Waals surface area contributed by atoms with Crippen LogP contribution in [0.1, 0.15) is 68.1 Å². The SMILES string of the molecule is Cn1nc2c3c(c(-c4c(C(N)=O)cc(F)cc4C(F)(F)F)cc2c1C(O)C1CC1)C(c1cc(F)ccc1Cl)NC3=O. The first-order valence-corrected chi connectivity index (χ1v) is 12.8. The lowest BCUT2D eigenvalue weighted by Gasteiger charge is -2.22. The van der Waals surface area contributed by atoms with Gasteiger partial charge >= 0.3 is 6.18 Å². The van der Waals surface area contributed by atoms with Gasteiger partial charge in [0.2, 0.25) is 5.91 Å². The van der Waals surface area contributed by atoms with Crippen LogP contribution in [0.15, 0.2) is 36.4 Å². The number of nitrogens with zero attached hydrogens (tertiary/aromatic N) is 2. The second-order valence-electron chi connectivity index (χ2n) is 10.2. The molecule has 7 nitrogen and oxygen atoms in total. The van der Waals surface area contributed by atoms with Crippen LogP contribution in [-0.4, -0.2) is 26.7 Å². The highest BCUT2D eigenvalue weighted by Crippen LogP contribution is 2.50. The molecule has 4 N–H and O–H groups in total. The lowest BCUT2D eigenvalue weighted by Crippen LogP contribution is -2.21. The number of amides is 2. The lowest BCUT2D eigenvalue weighted by molar-refractivity contribution is -0.137. The third kappa shape index (κ3) is 4.32. The molecule has 2 heterocycles. The van der Waals surface area contributed by atoms with E-state index in [1.54, 1.807) is 0 Å². The van der Waals surface area contributed by atoms with Gasteiger partial charge < -0.3 is 16.2 Å². The number of rotatable bonds is 5. The minimum absolute atomic E-state index is 0.00624. The predicted octanol–water partition coefficient (Wildman–Crippen LogP) is 5.57. The molecular weight excluding hydrogens is 571 g/mol. The van der Waals surface area contributed by atoms with Crippen molar-refractivity contribution in [2.24, 2.45) is 18.7 Å². The summed E-state index contributed by atoms with van der Waals surface area (Å²) in [7, 11) is 1.52. The fraction of sp³-hybridized carbons (Fsp3) is 0.250. The normalized spacial score (nSPS) is 17.6. The highest BCUT2D eigenvalue weighted by molar-refractivity contribution is 6.31. The Balaban J connectivity index is 1.79. The van der Waals surface area contributed by atoms with Crippen LogP contribution in [0.2, 0.25) is 5.02 Å². The Hall–Kier alpha value is -4.03. The summed E-state index contributed by atoms with van der Waals surface area (Å²) >= 11 is 6.35. The molecule has 1 aliphatic carbocycles. The number of carbonyl (C=O) groups excluding carboxylic acids is 2. The summed E-state index contributed by atoms with van der Waals surface area (Å²) in [6.07, 6.45) is -4.76. The van der Waals surface area contributed by atoms with Crippen LogP contribution in [0, 0.1) is 17.6 Å². The number of carbonyl (C=O) groups is 2. The maximum absolute atomic E-state index is 14.4. The number of nitrogens with one attached hydrogen (secondary N) is 1. The van der Waals surface area contributed by atoms with Crippen molar-refractivity contribution in [3.05, 3.63) is 86.6 Å². The van der Waals surface area contributed by atoms with Gasteiger partial charge in [-0.05, 0) is 60.7 Å². The number of aromatic nitrogens is 2. The van der Waals surface area contributed by atoms with E-state index in [1.165, 1.54) is 23.9 Å². The summed E-state index contributed by atoms with van der Waals surface area (Å²) < 4.78 is 73.4. The maximum atomic E-state index is 14.4. The molecule has 2 atom stereocenters. The first-order chi connectivity index (χ1) is 19.3. The Labute approximate surface area is 233 Å². The van der Waals surface area contributed by atoms with Crippen molar-refractivity contribution in [1.82, 2.24) is 15.1 Å². The van der Waals surface area contributed by atoms with Crippen LogP contribution < -0.4 is 11.1 Å². The van der Waals surface area contributed by atoms with Gasteiger partial charge in [0.1, 0.15) is 17.2 Å². The molecule has 1 fully saturated rings. The molecule has 41 heavy (non-hydrogen) atoms. The van der Waals surface area contributed by atoms with Crippen molar-refractivity contribution >= 4 is 34.3 Å². The van der Waals surface area contributed by atoms with Gasteiger partial charge in [0.25, 0.3) is 5.91 Å². The molecule has 4 aromatic rings. The van der Waals surface area contributed by atoms with Crippen molar-refractivity contribution in [1.29, 1.82) is 0 Å². The molecule has 13 heteroatoms. The molecular formula is C28H20ClF5N4O3. The van der Waals surface area contributed by atoms with Crippen LogP contribution in [0.3, 0.4) is 0 Å². The third-order valence-corrected chi connectivity index (χ3v) is 7.91. The second-order valence-corrected chi connectivity index (χ2v) is 10.6. The quantitative estimate of drug-likeness (QED) is 0.264. The summed E-state index contributed by atoms with van der Waals surface area (Å²) in [6.45, 7) is 0. The Morgan fingerprint density at radius 1 is 1.15 bits per heavy atom. The van der Waals surface area contributed by atoms with E-state index in [0.29, 0.717) is 18.9 Å². The molecule has 0 radical (unpaired) electrons. The first-order valence-electron chi connectivity index (χ1n) is 12.5. The molecule has 3 aromatic carbocycles. The monoisotopic (exact) mass is 590 g/mol. The summed E-state index contributed by atoms with van der Waals surface area (Å²) in [5.74, 6) is -4.29. The summed E-state index contributed by atoms with van der Waals surface area (Å²) in [6, 6.07) is 4.15. The van der Waals surface area contributed by atoms with Crippen molar-refractivity contribution in [2.75, 3.05) is 0 Å². The maximum Gasteiger partial charge on any atom is 0.417 e. The number of aryl methyl sites for hydroxylation is 1. The van der Waals surface area contributed by atoms with Gasteiger partial charge in [0, 0.05) is 34.1 Å². The molecule has 1 aromatic heterocycles. The van der Waals surface area contributed by atoms with Gasteiger partial charge in [-0.2, -0.15) is 18.3 Å². The largest absolute Gasteiger partial charge is 0.417 e. The van der Waals surface area contributed by atoms with Gasteiger partial charge in [0.05, 0.1) is 34.5 Å². The number of primary amides is 1. The number of halogens is 6. The Morgan fingerprint density at radius 3 is 2.49 bits per heavy atom. The van der Waals surface area contributed by atoms with Crippen LogP contribution in [0.4, 0.5) is 22.0 Å². The number of benzene rings is 3. The standard InChI is InChI=1S/C28H20ClF5N4O3/c1-38-24(25(39)10-2-3-10)16-9-14(19-15(26(35)40)7-12(31)8-17(19)28(32,33)34)20-21(23(16)37-38)27(41)36-22(20)13-6-11(30)4-5-18(13)29/h4-10,22,25,39H,2-3H2,1H3,(H2,35,40)(H,36,41). The molecule has 1 saturated carbocycles. The Bertz CT molecular complexity index is 1800. The summed E-state index contributed by atoms with van der Waals surface area (Å²) in [4.78, 5) is 26.0. The molecule has 2 amide bonds. The third-order valence-electron chi connectivity index (χ3n) is 7.57. The highest BCUT2D eigenvalue weighted by atomic mass is 35.5. The molecule has 212 valence electrons. The zero-order chi connectivity index (χ0) is 29.5. The van der Waals surface area contributed by atoms with E-state index in [-0.39, 0.29) is 55.9 Å². The summed E-state index contributed by atoms with van der Waals surface area (Å²) in [5.41, 5.74) is 2.22. The molecule has 6 rings (SSSR count). The van der Waals surface area contributed by atoms with Gasteiger partial charge in [-0.15, -0.1) is 0 Å². The van der Waals surface area contributed by atoms with E-state index < -0.39 is 58.5 Å². The Morgan fingerprint density at radius 2 is 1.85 bits per heavy atom. The van der Waals surface area contributed by atoms with E-state index in [2.05, 4.69) is 10.4 Å². The van der Waals surface area contributed by atoms with E-state index in [1.807, 2.05) is 0 Å². The molecule has 0 spiro atoms. The van der Waals surface area contributed by atoms with Crippen molar-refractivity contribution in [3.63, 3.8) is 0 Å². The molecule has 2 aliphatic rings. The molecule has 2 unspecified atom stereocenters. The van der Waals surface area contributed by atoms with Crippen LogP contribution in [-0.2, 0) is 13.2 Å². The number of hydrogen-bond acceptors (Lipinski definition) is 4. The fourth-order valence-corrected chi connectivity index (χ4v) is 5.87. The second kappa shape index (κ2) is 9.25. The minimum Gasteiger partial charge on any atom is -0.387 e. The van der Waals surface area contributed by atoms with E-state index >= 15 is 0 Å². The van der Waals surface area contributed by atoms with Gasteiger partial charge in [0.15, 0.2) is 0 Å². The van der Waals surface area contributed by atoms with Gasteiger partial charge in [-0.3, -0.25) is 14.3 Å². The van der Waals surface area contributed by atoms with Crippen LogP contribution >= 0.6 is 11.6 Å². The average Bonchev–Trinajstić information content (AvgIpc) is 3.61. The number of nitrogens with two attached hydrogens (primary N) is 1. The number of aliphatic hydroxyl groups is 1. The zero-order valence-corrected chi connectivity index (χ0v) is 21.9. The number of aliphatic hydroxyl groups excluding tert-OH is 1. The van der Waals surface area contributed by atoms with E-state index in [4.69, 9.17) is 17.3 Å². The number of hydrogen-bond donors (Lipinski definition) is 3. The Kier molecular flexibility index (Phi) is 6.12. The van der Waals surface area contributed by atoms with E-state index in [9.17, 15) is 36.6 Å². The highest BCUT2D eigenvalue weighted by Gasteiger charge is 2.43. The molecule has 0 bridgehead atoms. The minimum atomic E-state index is -5.16. The number of alkyl halides is 3. The smallest absolute Gasteiger partial charge is 0.387 e. The van der Waals surface area contributed by atoms with Crippen molar-refractivity contribution in [2.45, 2.75) is 31.2 Å². The van der Waals surface area contributed by atoms with Crippen molar-refractivity contribution in [3.8, 4) is 11.1 Å². The zero-order valence-electron chi connectivity index (χ0n) is 21.1. The first kappa shape index (κ1) is 27.2. The van der Waals surface area contributed by atoms with Crippen LogP contribution in [0.5, 0.6) is 0 Å². The average molecular weight is 591 g/mol. The van der Waals surface area contributed by atoms with E-state index in [0.717, 1.165) is 12.1 Å². The lowest BCUT2D eigenvalue weighted by atomic mass is 9.84. The van der Waals surface area contributed by atoms with Crippen molar-refractivity contribution < 1.29 is 36.6 Å². The molecule has 1 aliphatic heterocycles. The van der Waals surface area contributed by atoms with Crippen LogP contribution in [0.25, 0.3) is 22.0 Å². The molecule has 0 saturated heterocycles.